The molecule has 1 saturated heterocycles. The van der Waals surface area contributed by atoms with E-state index in [0.29, 0.717) is 13.1 Å². The maximum Gasteiger partial charge on any atom is 0.410 e. The fraction of sp³-hybridized carbons (Fsp3) is 0.522. The van der Waals surface area contributed by atoms with Crippen LogP contribution in [0.5, 0.6) is 0 Å². The van der Waals surface area contributed by atoms with E-state index in [1.165, 1.54) is 0 Å². The third kappa shape index (κ3) is 3.80. The van der Waals surface area contributed by atoms with E-state index in [0.717, 1.165) is 16.5 Å². The van der Waals surface area contributed by atoms with Crippen molar-refractivity contribution < 1.29 is 14.3 Å². The number of carbonyl (C=O) groups is 2. The molecular formula is C23H29N3O3. The Hall–Kier alpha value is -2.63. The van der Waals surface area contributed by atoms with E-state index in [2.05, 4.69) is 16.4 Å². The van der Waals surface area contributed by atoms with Gasteiger partial charge >= 0.3 is 6.09 Å². The van der Waals surface area contributed by atoms with Gasteiger partial charge in [-0.25, -0.2) is 4.79 Å². The van der Waals surface area contributed by atoms with E-state index < -0.39 is 11.1 Å². The molecule has 2 aliphatic rings. The lowest BCUT2D eigenvalue weighted by Gasteiger charge is -2.28. The lowest BCUT2D eigenvalue weighted by atomic mass is 9.94. The van der Waals surface area contributed by atoms with Crippen LogP contribution in [0, 0.1) is 17.8 Å². The van der Waals surface area contributed by atoms with Crippen LogP contribution in [0.25, 0.3) is 10.8 Å². The monoisotopic (exact) mass is 395 g/mol. The molecule has 4 rings (SSSR count). The van der Waals surface area contributed by atoms with Gasteiger partial charge in [-0.2, -0.15) is 0 Å². The molecule has 1 unspecified atom stereocenters. The normalized spacial score (nSPS) is 23.6. The van der Waals surface area contributed by atoms with Crippen LogP contribution in [0.4, 0.5) is 4.79 Å². The number of hydrogen-bond acceptors (Lipinski definition) is 4. The van der Waals surface area contributed by atoms with Crippen molar-refractivity contribution in [3.05, 3.63) is 42.2 Å². The van der Waals surface area contributed by atoms with Gasteiger partial charge in [0.05, 0.1) is 11.2 Å². The Balaban J connectivity index is 1.41. The van der Waals surface area contributed by atoms with Crippen molar-refractivity contribution in [1.29, 1.82) is 0 Å². The number of amides is 2. The van der Waals surface area contributed by atoms with Crippen LogP contribution in [0.1, 0.15) is 40.3 Å². The predicted octanol–water partition coefficient (Wildman–Crippen LogP) is 3.70. The van der Waals surface area contributed by atoms with E-state index in [1.54, 1.807) is 11.1 Å². The minimum atomic E-state index is -0.584. The predicted molar refractivity (Wildman–Crippen MR) is 111 cm³/mol. The molecule has 1 aromatic heterocycles. The van der Waals surface area contributed by atoms with Gasteiger partial charge in [-0.15, -0.1) is 0 Å². The molecule has 0 bridgehead atoms. The van der Waals surface area contributed by atoms with E-state index in [4.69, 9.17) is 4.74 Å². The summed E-state index contributed by atoms with van der Waals surface area (Å²) in [7, 11) is 0. The molecule has 3 atom stereocenters. The van der Waals surface area contributed by atoms with Gasteiger partial charge in [0.2, 0.25) is 5.91 Å². The Morgan fingerprint density at radius 1 is 1.07 bits per heavy atom. The second-order valence-electron chi connectivity index (χ2n) is 9.73. The maximum absolute atomic E-state index is 13.0. The highest BCUT2D eigenvalue weighted by Gasteiger charge is 2.61. The fourth-order valence-corrected chi connectivity index (χ4v) is 4.46. The number of carbonyl (C=O) groups excluding carboxylic acids is 2. The van der Waals surface area contributed by atoms with Crippen molar-refractivity contribution in [3.63, 3.8) is 0 Å². The number of aromatic nitrogens is 1. The van der Waals surface area contributed by atoms with Crippen molar-refractivity contribution >= 4 is 22.8 Å². The Labute approximate surface area is 171 Å². The minimum absolute atomic E-state index is 0.0389. The van der Waals surface area contributed by atoms with E-state index >= 15 is 0 Å². The quantitative estimate of drug-likeness (QED) is 0.860. The van der Waals surface area contributed by atoms with Crippen molar-refractivity contribution in [1.82, 2.24) is 15.2 Å². The largest absolute Gasteiger partial charge is 0.444 e. The van der Waals surface area contributed by atoms with Crippen molar-refractivity contribution in [3.8, 4) is 0 Å². The molecule has 2 heterocycles. The van der Waals surface area contributed by atoms with Gasteiger partial charge in [0.25, 0.3) is 0 Å². The first-order chi connectivity index (χ1) is 13.6. The SMILES string of the molecule is CC(C)(C)OC(=O)N1C[C@@H]2C(C(=O)NC(C)(C)c3nccc4ccccc34)[C@@H]2C1. The van der Waals surface area contributed by atoms with Gasteiger partial charge < -0.3 is 15.0 Å². The highest BCUT2D eigenvalue weighted by atomic mass is 16.6. The van der Waals surface area contributed by atoms with Gasteiger partial charge in [-0.3, -0.25) is 9.78 Å². The summed E-state index contributed by atoms with van der Waals surface area (Å²) in [6.07, 6.45) is 1.50. The molecule has 2 fully saturated rings. The molecular weight excluding hydrogens is 366 g/mol. The average Bonchev–Trinajstić information content (AvgIpc) is 3.13. The summed E-state index contributed by atoms with van der Waals surface area (Å²) in [6.45, 7) is 10.7. The van der Waals surface area contributed by atoms with E-state index in [-0.39, 0.29) is 29.8 Å². The molecule has 2 amide bonds. The number of nitrogens with zero attached hydrogens (tertiary/aromatic N) is 2. The van der Waals surface area contributed by atoms with Crippen LogP contribution >= 0.6 is 0 Å². The van der Waals surface area contributed by atoms with Gasteiger partial charge in [0.15, 0.2) is 0 Å². The minimum Gasteiger partial charge on any atom is -0.444 e. The Morgan fingerprint density at radius 3 is 2.38 bits per heavy atom. The Kier molecular flexibility index (Phi) is 4.56. The lowest BCUT2D eigenvalue weighted by Crippen LogP contribution is -2.44. The number of likely N-dealkylation sites (tertiary alicyclic amines) is 1. The number of fused-ring (bicyclic) bond motifs is 2. The zero-order chi connectivity index (χ0) is 21.0. The number of ether oxygens (including phenoxy) is 1. The lowest BCUT2D eigenvalue weighted by molar-refractivity contribution is -0.125. The summed E-state index contributed by atoms with van der Waals surface area (Å²) in [4.78, 5) is 31.5. The molecule has 1 aliphatic carbocycles. The highest BCUT2D eigenvalue weighted by molar-refractivity contribution is 5.87. The van der Waals surface area contributed by atoms with Crippen LogP contribution in [-0.2, 0) is 15.1 Å². The third-order valence-corrected chi connectivity index (χ3v) is 5.85. The number of benzene rings is 1. The summed E-state index contributed by atoms with van der Waals surface area (Å²) < 4.78 is 5.44. The van der Waals surface area contributed by atoms with Gasteiger partial charge in [-0.1, -0.05) is 24.3 Å². The van der Waals surface area contributed by atoms with Gasteiger partial charge in [0.1, 0.15) is 5.60 Å². The maximum atomic E-state index is 13.0. The van der Waals surface area contributed by atoms with Crippen LogP contribution in [0.3, 0.4) is 0 Å². The first-order valence-electron chi connectivity index (χ1n) is 10.2. The molecule has 6 heteroatoms. The molecule has 1 aliphatic heterocycles. The molecule has 0 radical (unpaired) electrons. The number of hydrogen-bond donors (Lipinski definition) is 1. The Bertz CT molecular complexity index is 946. The standard InChI is InChI=1S/C23H29N3O3/c1-22(2,3)29-21(28)26-12-16-17(13-26)18(16)20(27)25-23(4,5)19-15-9-7-6-8-14(15)10-11-24-19/h6-11,16-18H,12-13H2,1-5H3,(H,25,27)/t16-,17+,18?. The summed E-state index contributed by atoms with van der Waals surface area (Å²) in [6, 6.07) is 10.1. The van der Waals surface area contributed by atoms with Crippen LogP contribution < -0.4 is 5.32 Å². The summed E-state index contributed by atoms with van der Waals surface area (Å²) in [5.74, 6) is 0.448. The van der Waals surface area contributed by atoms with Crippen molar-refractivity contribution in [2.75, 3.05) is 13.1 Å². The number of pyridine rings is 1. The molecule has 1 aromatic carbocycles. The number of rotatable bonds is 3. The second-order valence-corrected chi connectivity index (χ2v) is 9.73. The van der Waals surface area contributed by atoms with E-state index in [9.17, 15) is 9.59 Å². The topological polar surface area (TPSA) is 71.5 Å². The zero-order valence-electron chi connectivity index (χ0n) is 17.7. The zero-order valence-corrected chi connectivity index (χ0v) is 17.7. The first kappa shape index (κ1) is 19.7. The fourth-order valence-electron chi connectivity index (χ4n) is 4.46. The van der Waals surface area contributed by atoms with Crippen molar-refractivity contribution in [2.45, 2.75) is 45.8 Å². The molecule has 1 N–H and O–H groups in total. The number of piperidine rings is 1. The molecule has 29 heavy (non-hydrogen) atoms. The van der Waals surface area contributed by atoms with E-state index in [1.807, 2.05) is 58.9 Å². The van der Waals surface area contributed by atoms with Crippen molar-refractivity contribution in [2.24, 2.45) is 17.8 Å². The summed E-state index contributed by atoms with van der Waals surface area (Å²) in [5.41, 5.74) is -0.222. The Morgan fingerprint density at radius 2 is 1.72 bits per heavy atom. The summed E-state index contributed by atoms with van der Waals surface area (Å²) in [5, 5.41) is 5.36. The molecule has 1 saturated carbocycles. The van der Waals surface area contributed by atoms with Crippen LogP contribution in [0.15, 0.2) is 36.5 Å². The van der Waals surface area contributed by atoms with Crippen LogP contribution in [0.2, 0.25) is 0 Å². The van der Waals surface area contributed by atoms with Crippen LogP contribution in [-0.4, -0.2) is 40.6 Å². The first-order valence-corrected chi connectivity index (χ1v) is 10.2. The van der Waals surface area contributed by atoms with Gasteiger partial charge in [-0.05, 0) is 57.9 Å². The average molecular weight is 396 g/mol. The molecule has 0 spiro atoms. The molecule has 6 nitrogen and oxygen atoms in total. The molecule has 154 valence electrons. The molecule has 2 aromatic rings. The second kappa shape index (κ2) is 6.71. The van der Waals surface area contributed by atoms with Gasteiger partial charge in [0, 0.05) is 30.6 Å². The summed E-state index contributed by atoms with van der Waals surface area (Å²) >= 11 is 0. The highest BCUT2D eigenvalue weighted by Crippen LogP contribution is 2.52. The third-order valence-electron chi connectivity index (χ3n) is 5.85. The smallest absolute Gasteiger partial charge is 0.410 e. The number of nitrogens with one attached hydrogen (secondary N) is 1.